The molecule has 2 rings (SSSR count). The second-order valence-corrected chi connectivity index (χ2v) is 4.48. The Morgan fingerprint density at radius 3 is 2.38 bits per heavy atom. The first-order valence-electron chi connectivity index (χ1n) is 5.23. The molecule has 1 saturated carbocycles. The number of hydrogen-bond donors (Lipinski definition) is 1. The lowest BCUT2D eigenvalue weighted by Crippen LogP contribution is -2.41. The standard InChI is InChI=1S/C10H18N2O/c1-7(11)10(13)12-5-8-3-2-4-9(8)6-12/h7-9H,2-6,11H2,1H3. The minimum Gasteiger partial charge on any atom is -0.341 e. The quantitative estimate of drug-likeness (QED) is 0.645. The van der Waals surface area contributed by atoms with Gasteiger partial charge >= 0.3 is 0 Å². The summed E-state index contributed by atoms with van der Waals surface area (Å²) in [6.07, 6.45) is 3.98. The van der Waals surface area contributed by atoms with Gasteiger partial charge in [0.25, 0.3) is 0 Å². The first-order chi connectivity index (χ1) is 6.18. The van der Waals surface area contributed by atoms with E-state index in [9.17, 15) is 4.79 Å². The molecular formula is C10H18N2O. The molecule has 1 amide bonds. The fourth-order valence-electron chi connectivity index (χ4n) is 2.70. The lowest BCUT2D eigenvalue weighted by atomic mass is 10.0. The first kappa shape index (κ1) is 9.00. The van der Waals surface area contributed by atoms with E-state index in [1.807, 2.05) is 4.90 Å². The van der Waals surface area contributed by atoms with Crippen LogP contribution in [0.1, 0.15) is 26.2 Å². The highest BCUT2D eigenvalue weighted by molar-refractivity contribution is 5.81. The Hall–Kier alpha value is -0.570. The summed E-state index contributed by atoms with van der Waals surface area (Å²) in [4.78, 5) is 13.5. The molecule has 3 heteroatoms. The average Bonchev–Trinajstić information content (AvgIpc) is 2.59. The molecule has 74 valence electrons. The van der Waals surface area contributed by atoms with Crippen molar-refractivity contribution < 1.29 is 4.79 Å². The zero-order chi connectivity index (χ0) is 9.42. The number of amides is 1. The summed E-state index contributed by atoms with van der Waals surface area (Å²) in [6, 6.07) is -0.321. The Bertz CT molecular complexity index is 203. The third-order valence-corrected chi connectivity index (χ3v) is 3.43. The predicted molar refractivity (Wildman–Crippen MR) is 51.1 cm³/mol. The van der Waals surface area contributed by atoms with Crippen LogP contribution in [0.2, 0.25) is 0 Å². The van der Waals surface area contributed by atoms with Crippen LogP contribution in [0.15, 0.2) is 0 Å². The van der Waals surface area contributed by atoms with Gasteiger partial charge < -0.3 is 10.6 Å². The van der Waals surface area contributed by atoms with E-state index in [1.165, 1.54) is 19.3 Å². The van der Waals surface area contributed by atoms with Crippen LogP contribution >= 0.6 is 0 Å². The summed E-state index contributed by atoms with van der Waals surface area (Å²) in [5.41, 5.74) is 5.57. The van der Waals surface area contributed by atoms with Crippen molar-refractivity contribution in [2.24, 2.45) is 17.6 Å². The number of likely N-dealkylation sites (tertiary alicyclic amines) is 1. The molecule has 1 aliphatic heterocycles. The fraction of sp³-hybridized carbons (Fsp3) is 0.900. The second kappa shape index (κ2) is 3.29. The van der Waals surface area contributed by atoms with Crippen molar-refractivity contribution in [3.8, 4) is 0 Å². The van der Waals surface area contributed by atoms with Gasteiger partial charge in [-0.3, -0.25) is 4.79 Å². The molecule has 0 aromatic heterocycles. The maximum atomic E-state index is 11.6. The van der Waals surface area contributed by atoms with E-state index < -0.39 is 0 Å². The number of carbonyl (C=O) groups is 1. The van der Waals surface area contributed by atoms with Crippen LogP contribution in [0, 0.1) is 11.8 Å². The van der Waals surface area contributed by atoms with Gasteiger partial charge in [-0.15, -0.1) is 0 Å². The highest BCUT2D eigenvalue weighted by Gasteiger charge is 2.38. The molecule has 1 heterocycles. The molecule has 3 nitrogen and oxygen atoms in total. The van der Waals surface area contributed by atoms with Gasteiger partial charge in [-0.2, -0.15) is 0 Å². The van der Waals surface area contributed by atoms with E-state index in [4.69, 9.17) is 5.73 Å². The van der Waals surface area contributed by atoms with Crippen LogP contribution in [0.5, 0.6) is 0 Å². The molecular weight excluding hydrogens is 164 g/mol. The first-order valence-corrected chi connectivity index (χ1v) is 5.23. The third kappa shape index (κ3) is 1.57. The predicted octanol–water partition coefficient (Wildman–Crippen LogP) is 0.592. The Kier molecular flexibility index (Phi) is 2.28. The second-order valence-electron chi connectivity index (χ2n) is 4.48. The lowest BCUT2D eigenvalue weighted by molar-refractivity contribution is -0.131. The van der Waals surface area contributed by atoms with Crippen molar-refractivity contribution in [2.75, 3.05) is 13.1 Å². The normalized spacial score (nSPS) is 34.8. The Balaban J connectivity index is 1.95. The number of fused-ring (bicyclic) bond motifs is 1. The molecule has 3 atom stereocenters. The molecule has 0 bridgehead atoms. The van der Waals surface area contributed by atoms with Crippen LogP contribution in [-0.2, 0) is 4.79 Å². The van der Waals surface area contributed by atoms with E-state index in [1.54, 1.807) is 6.92 Å². The van der Waals surface area contributed by atoms with Crippen molar-refractivity contribution in [1.82, 2.24) is 4.90 Å². The molecule has 2 N–H and O–H groups in total. The van der Waals surface area contributed by atoms with Crippen LogP contribution in [0.3, 0.4) is 0 Å². The van der Waals surface area contributed by atoms with E-state index in [2.05, 4.69) is 0 Å². The highest BCUT2D eigenvalue weighted by atomic mass is 16.2. The number of rotatable bonds is 1. The number of nitrogens with zero attached hydrogens (tertiary/aromatic N) is 1. The van der Waals surface area contributed by atoms with Gasteiger partial charge in [0.15, 0.2) is 0 Å². The molecule has 1 saturated heterocycles. The van der Waals surface area contributed by atoms with Crippen LogP contribution < -0.4 is 5.73 Å². The molecule has 13 heavy (non-hydrogen) atoms. The molecule has 3 unspecified atom stereocenters. The average molecular weight is 182 g/mol. The third-order valence-electron chi connectivity index (χ3n) is 3.43. The molecule has 0 spiro atoms. The van der Waals surface area contributed by atoms with Crippen molar-refractivity contribution in [2.45, 2.75) is 32.2 Å². The van der Waals surface area contributed by atoms with Gasteiger partial charge in [0.05, 0.1) is 6.04 Å². The SMILES string of the molecule is CC(N)C(=O)N1CC2CCCC2C1. The maximum Gasteiger partial charge on any atom is 0.239 e. The van der Waals surface area contributed by atoms with Gasteiger partial charge in [-0.05, 0) is 31.6 Å². The highest BCUT2D eigenvalue weighted by Crippen LogP contribution is 2.37. The zero-order valence-corrected chi connectivity index (χ0v) is 8.20. The van der Waals surface area contributed by atoms with Gasteiger partial charge in [0.2, 0.25) is 5.91 Å². The van der Waals surface area contributed by atoms with Crippen LogP contribution in [0.25, 0.3) is 0 Å². The monoisotopic (exact) mass is 182 g/mol. The molecule has 0 aromatic rings. The summed E-state index contributed by atoms with van der Waals surface area (Å²) in [5, 5.41) is 0. The van der Waals surface area contributed by atoms with Crippen LogP contribution in [0.4, 0.5) is 0 Å². The van der Waals surface area contributed by atoms with Gasteiger partial charge in [0.1, 0.15) is 0 Å². The molecule has 2 fully saturated rings. The van der Waals surface area contributed by atoms with Crippen molar-refractivity contribution in [3.05, 3.63) is 0 Å². The molecule has 0 radical (unpaired) electrons. The summed E-state index contributed by atoms with van der Waals surface area (Å²) in [5.74, 6) is 1.69. The summed E-state index contributed by atoms with van der Waals surface area (Å²) < 4.78 is 0. The van der Waals surface area contributed by atoms with Gasteiger partial charge in [-0.1, -0.05) is 6.42 Å². The van der Waals surface area contributed by atoms with Gasteiger partial charge in [0, 0.05) is 13.1 Å². The van der Waals surface area contributed by atoms with Crippen molar-refractivity contribution in [1.29, 1.82) is 0 Å². The Labute approximate surface area is 79.3 Å². The lowest BCUT2D eigenvalue weighted by Gasteiger charge is -2.19. The molecule has 2 aliphatic rings. The fourth-order valence-corrected chi connectivity index (χ4v) is 2.70. The van der Waals surface area contributed by atoms with E-state index in [0.29, 0.717) is 0 Å². The summed E-state index contributed by atoms with van der Waals surface area (Å²) in [6.45, 7) is 3.70. The number of nitrogens with two attached hydrogens (primary N) is 1. The maximum absolute atomic E-state index is 11.6. The molecule has 0 aromatic carbocycles. The Morgan fingerprint density at radius 2 is 1.92 bits per heavy atom. The zero-order valence-electron chi connectivity index (χ0n) is 8.20. The smallest absolute Gasteiger partial charge is 0.239 e. The summed E-state index contributed by atoms with van der Waals surface area (Å²) in [7, 11) is 0. The molecule has 1 aliphatic carbocycles. The number of hydrogen-bond acceptors (Lipinski definition) is 2. The minimum atomic E-state index is -0.321. The van der Waals surface area contributed by atoms with Crippen molar-refractivity contribution >= 4 is 5.91 Å². The Morgan fingerprint density at radius 1 is 1.38 bits per heavy atom. The topological polar surface area (TPSA) is 46.3 Å². The van der Waals surface area contributed by atoms with E-state index in [-0.39, 0.29) is 11.9 Å². The largest absolute Gasteiger partial charge is 0.341 e. The summed E-state index contributed by atoms with van der Waals surface area (Å²) >= 11 is 0. The van der Waals surface area contributed by atoms with Crippen molar-refractivity contribution in [3.63, 3.8) is 0 Å². The van der Waals surface area contributed by atoms with Crippen LogP contribution in [-0.4, -0.2) is 29.9 Å². The van der Waals surface area contributed by atoms with Gasteiger partial charge in [-0.25, -0.2) is 0 Å². The van der Waals surface area contributed by atoms with E-state index in [0.717, 1.165) is 24.9 Å². The number of carbonyl (C=O) groups excluding carboxylic acids is 1. The minimum absolute atomic E-state index is 0.134. The van der Waals surface area contributed by atoms with E-state index >= 15 is 0 Å².